The molecule has 2 aromatic rings. The lowest BCUT2D eigenvalue weighted by Crippen LogP contribution is -2.22. The van der Waals surface area contributed by atoms with Crippen molar-refractivity contribution in [2.45, 2.75) is 6.92 Å². The van der Waals surface area contributed by atoms with Gasteiger partial charge in [-0.25, -0.2) is 8.78 Å². The minimum atomic E-state index is -0.621. The van der Waals surface area contributed by atoms with Gasteiger partial charge in [-0.05, 0) is 37.3 Å². The number of ether oxygens (including phenoxy) is 1. The standard InChI is InChI=1S/C16H16F2N2O2/c1-2-22-15-6-4-3-5-13(15)20-16(21)10-19-14-9-11(17)7-8-12(14)18/h3-9,19H,2,10H2,1H3,(H,20,21). The summed E-state index contributed by atoms with van der Waals surface area (Å²) >= 11 is 0. The third-order valence-electron chi connectivity index (χ3n) is 2.83. The average molecular weight is 306 g/mol. The van der Waals surface area contributed by atoms with Crippen LogP contribution in [0.25, 0.3) is 0 Å². The van der Waals surface area contributed by atoms with E-state index in [1.807, 2.05) is 6.92 Å². The SMILES string of the molecule is CCOc1ccccc1NC(=O)CNc1cc(F)ccc1F. The summed E-state index contributed by atoms with van der Waals surface area (Å²) in [5.41, 5.74) is 0.462. The maximum absolute atomic E-state index is 13.4. The number of rotatable bonds is 6. The predicted octanol–water partition coefficient (Wildman–Crippen LogP) is 3.41. The quantitative estimate of drug-likeness (QED) is 0.860. The lowest BCUT2D eigenvalue weighted by molar-refractivity contribution is -0.114. The van der Waals surface area contributed by atoms with Gasteiger partial charge in [0.05, 0.1) is 24.5 Å². The number of para-hydroxylation sites is 2. The highest BCUT2D eigenvalue weighted by Crippen LogP contribution is 2.23. The van der Waals surface area contributed by atoms with Crippen molar-refractivity contribution in [3.8, 4) is 5.75 Å². The molecule has 0 heterocycles. The Morgan fingerprint density at radius 1 is 1.14 bits per heavy atom. The van der Waals surface area contributed by atoms with E-state index in [-0.39, 0.29) is 12.2 Å². The fourth-order valence-electron chi connectivity index (χ4n) is 1.85. The van der Waals surface area contributed by atoms with E-state index in [1.165, 1.54) is 0 Å². The molecule has 0 aliphatic rings. The minimum absolute atomic E-state index is 0.0618. The number of amides is 1. The minimum Gasteiger partial charge on any atom is -0.492 e. The van der Waals surface area contributed by atoms with Gasteiger partial charge in [0, 0.05) is 0 Å². The van der Waals surface area contributed by atoms with Crippen molar-refractivity contribution in [3.63, 3.8) is 0 Å². The monoisotopic (exact) mass is 306 g/mol. The molecule has 4 nitrogen and oxygen atoms in total. The van der Waals surface area contributed by atoms with Crippen LogP contribution >= 0.6 is 0 Å². The van der Waals surface area contributed by atoms with E-state index in [9.17, 15) is 13.6 Å². The van der Waals surface area contributed by atoms with E-state index in [0.717, 1.165) is 18.2 Å². The first kappa shape index (κ1) is 15.8. The normalized spacial score (nSPS) is 10.1. The van der Waals surface area contributed by atoms with Crippen LogP contribution in [-0.4, -0.2) is 19.1 Å². The first-order valence-corrected chi connectivity index (χ1v) is 6.80. The van der Waals surface area contributed by atoms with Crippen molar-refractivity contribution in [1.82, 2.24) is 0 Å². The van der Waals surface area contributed by atoms with E-state index in [1.54, 1.807) is 24.3 Å². The Morgan fingerprint density at radius 3 is 2.68 bits per heavy atom. The first-order chi connectivity index (χ1) is 10.6. The number of carbonyl (C=O) groups excluding carboxylic acids is 1. The second kappa shape index (κ2) is 7.40. The molecule has 0 aliphatic carbocycles. The van der Waals surface area contributed by atoms with Gasteiger partial charge in [0.15, 0.2) is 0 Å². The van der Waals surface area contributed by atoms with Crippen LogP contribution in [0.5, 0.6) is 5.75 Å². The summed E-state index contributed by atoms with van der Waals surface area (Å²) in [6.45, 7) is 2.12. The zero-order valence-electron chi connectivity index (χ0n) is 12.0. The van der Waals surface area contributed by atoms with Crippen LogP contribution in [-0.2, 0) is 4.79 Å². The van der Waals surface area contributed by atoms with Gasteiger partial charge in [-0.15, -0.1) is 0 Å². The highest BCUT2D eigenvalue weighted by Gasteiger charge is 2.09. The summed E-state index contributed by atoms with van der Waals surface area (Å²) in [5, 5.41) is 5.21. The van der Waals surface area contributed by atoms with E-state index >= 15 is 0 Å². The molecule has 116 valence electrons. The Balaban J connectivity index is 1.97. The summed E-state index contributed by atoms with van der Waals surface area (Å²) in [5.74, 6) is -1.04. The molecule has 0 spiro atoms. The number of halogens is 2. The third-order valence-corrected chi connectivity index (χ3v) is 2.83. The number of benzene rings is 2. The molecule has 0 saturated carbocycles. The molecule has 1 amide bonds. The zero-order chi connectivity index (χ0) is 15.9. The van der Waals surface area contributed by atoms with E-state index < -0.39 is 17.5 Å². The Morgan fingerprint density at radius 2 is 1.91 bits per heavy atom. The summed E-state index contributed by atoms with van der Waals surface area (Å²) in [6.07, 6.45) is 0. The highest BCUT2D eigenvalue weighted by molar-refractivity contribution is 5.95. The zero-order valence-corrected chi connectivity index (χ0v) is 12.0. The number of anilines is 2. The summed E-state index contributed by atoms with van der Waals surface area (Å²) < 4.78 is 31.9. The Kier molecular flexibility index (Phi) is 5.30. The fourth-order valence-corrected chi connectivity index (χ4v) is 1.85. The van der Waals surface area contributed by atoms with Gasteiger partial charge >= 0.3 is 0 Å². The van der Waals surface area contributed by atoms with Crippen LogP contribution in [0, 0.1) is 11.6 Å². The van der Waals surface area contributed by atoms with Crippen LogP contribution in [0.15, 0.2) is 42.5 Å². The van der Waals surface area contributed by atoms with Gasteiger partial charge in [-0.1, -0.05) is 12.1 Å². The maximum atomic E-state index is 13.4. The Labute approximate surface area is 127 Å². The molecule has 0 radical (unpaired) electrons. The molecule has 0 unspecified atom stereocenters. The number of carbonyl (C=O) groups is 1. The summed E-state index contributed by atoms with van der Waals surface area (Å²) in [6, 6.07) is 10.00. The molecule has 2 rings (SSSR count). The second-order valence-electron chi connectivity index (χ2n) is 4.46. The molecule has 0 fully saturated rings. The van der Waals surface area contributed by atoms with Crippen molar-refractivity contribution in [3.05, 3.63) is 54.1 Å². The van der Waals surface area contributed by atoms with Gasteiger partial charge in [0.2, 0.25) is 5.91 Å². The molecular weight excluding hydrogens is 290 g/mol. The van der Waals surface area contributed by atoms with Crippen molar-refractivity contribution < 1.29 is 18.3 Å². The lowest BCUT2D eigenvalue weighted by Gasteiger charge is -2.12. The Hall–Kier alpha value is -2.63. The van der Waals surface area contributed by atoms with Crippen LogP contribution < -0.4 is 15.4 Å². The van der Waals surface area contributed by atoms with Crippen LogP contribution in [0.1, 0.15) is 6.92 Å². The second-order valence-corrected chi connectivity index (χ2v) is 4.46. The summed E-state index contributed by atoms with van der Waals surface area (Å²) in [4.78, 5) is 11.9. The molecule has 0 aromatic heterocycles. The molecule has 22 heavy (non-hydrogen) atoms. The van der Waals surface area contributed by atoms with E-state index in [0.29, 0.717) is 18.0 Å². The van der Waals surface area contributed by atoms with Crippen LogP contribution in [0.3, 0.4) is 0 Å². The largest absolute Gasteiger partial charge is 0.492 e. The Bertz CT molecular complexity index is 662. The topological polar surface area (TPSA) is 50.4 Å². The van der Waals surface area contributed by atoms with Crippen molar-refractivity contribution in [2.75, 3.05) is 23.8 Å². The molecule has 2 aromatic carbocycles. The van der Waals surface area contributed by atoms with Crippen LogP contribution in [0.2, 0.25) is 0 Å². The van der Waals surface area contributed by atoms with Crippen molar-refractivity contribution in [2.24, 2.45) is 0 Å². The van der Waals surface area contributed by atoms with Crippen molar-refractivity contribution in [1.29, 1.82) is 0 Å². The van der Waals surface area contributed by atoms with Crippen molar-refractivity contribution >= 4 is 17.3 Å². The van der Waals surface area contributed by atoms with Gasteiger partial charge in [-0.2, -0.15) is 0 Å². The highest BCUT2D eigenvalue weighted by atomic mass is 19.1. The van der Waals surface area contributed by atoms with E-state index in [2.05, 4.69) is 10.6 Å². The number of hydrogen-bond acceptors (Lipinski definition) is 3. The predicted molar refractivity (Wildman–Crippen MR) is 81.1 cm³/mol. The van der Waals surface area contributed by atoms with E-state index in [4.69, 9.17) is 4.74 Å². The first-order valence-electron chi connectivity index (χ1n) is 6.80. The fraction of sp³-hybridized carbons (Fsp3) is 0.188. The van der Waals surface area contributed by atoms with Gasteiger partial charge < -0.3 is 15.4 Å². The molecular formula is C16H16F2N2O2. The lowest BCUT2D eigenvalue weighted by atomic mass is 10.2. The molecule has 0 atom stereocenters. The number of nitrogens with one attached hydrogen (secondary N) is 2. The average Bonchev–Trinajstić information content (AvgIpc) is 2.50. The van der Waals surface area contributed by atoms with Gasteiger partial charge in [-0.3, -0.25) is 4.79 Å². The number of hydrogen-bond donors (Lipinski definition) is 2. The van der Waals surface area contributed by atoms with Gasteiger partial charge in [0.1, 0.15) is 17.4 Å². The van der Waals surface area contributed by atoms with Gasteiger partial charge in [0.25, 0.3) is 0 Å². The molecule has 0 saturated heterocycles. The summed E-state index contributed by atoms with van der Waals surface area (Å²) in [7, 11) is 0. The smallest absolute Gasteiger partial charge is 0.243 e. The molecule has 0 aliphatic heterocycles. The molecule has 0 bridgehead atoms. The molecule has 6 heteroatoms. The third kappa shape index (κ3) is 4.18. The molecule has 2 N–H and O–H groups in total. The maximum Gasteiger partial charge on any atom is 0.243 e. The van der Waals surface area contributed by atoms with Crippen LogP contribution in [0.4, 0.5) is 20.2 Å².